The maximum atomic E-state index is 17.5. The molecule has 59 heavy (non-hydrogen) atoms. The Morgan fingerprint density at radius 1 is 0.712 bits per heavy atom. The SMILES string of the molecule is [2H]c1c([2H])c(C([2H])([2H])[2H])c([2H])c([2H])c1-c1ccccc1[N+]1=C=[N+](c2[c-]c(C(F)(F)c3[c-]c4c(cc3)c3cnccc3n4-c3cc(C(C)(C)C)ccn3)cc(C(C)(C)C)c2)c2ccccc21.[Pt+2]. The Hall–Kier alpha value is -5.87. The average molecular weight is 966 g/mol. The first-order valence-corrected chi connectivity index (χ1v) is 19.0. The number of para-hydroxylation sites is 3. The molecule has 0 bridgehead atoms. The van der Waals surface area contributed by atoms with Crippen LogP contribution >= 0.6 is 0 Å². The maximum Gasteiger partial charge on any atom is 2.00 e. The Morgan fingerprint density at radius 2 is 1.41 bits per heavy atom. The Kier molecular flexibility index (Phi) is 8.01. The van der Waals surface area contributed by atoms with Gasteiger partial charge in [0.1, 0.15) is 11.5 Å². The largest absolute Gasteiger partial charge is 2.00 e. The van der Waals surface area contributed by atoms with Gasteiger partial charge in [0.15, 0.2) is 0 Å². The van der Waals surface area contributed by atoms with Crippen molar-refractivity contribution >= 4 is 50.6 Å². The third-order valence-electron chi connectivity index (χ3n) is 10.6. The molecule has 0 spiro atoms. The molecule has 3 aromatic heterocycles. The van der Waals surface area contributed by atoms with Gasteiger partial charge in [-0.25, -0.2) is 13.8 Å². The second kappa shape index (κ2) is 14.7. The summed E-state index contributed by atoms with van der Waals surface area (Å²) in [6, 6.07) is 33.4. The number of halogens is 2. The van der Waals surface area contributed by atoms with Gasteiger partial charge in [0.25, 0.3) is 17.3 Å². The van der Waals surface area contributed by atoms with E-state index in [1.165, 1.54) is 12.1 Å². The van der Waals surface area contributed by atoms with Crippen LogP contribution in [0.4, 0.5) is 31.5 Å². The van der Waals surface area contributed by atoms with Gasteiger partial charge in [-0.2, -0.15) is 18.2 Å². The fourth-order valence-corrected chi connectivity index (χ4v) is 7.38. The average Bonchev–Trinajstić information content (AvgIpc) is 3.81. The van der Waals surface area contributed by atoms with Crippen LogP contribution in [0.5, 0.6) is 0 Å². The zero-order valence-electron chi connectivity index (χ0n) is 40.2. The predicted octanol–water partition coefficient (Wildman–Crippen LogP) is 12.7. The molecule has 5 aromatic carbocycles. The topological polar surface area (TPSA) is 36.7 Å². The molecule has 8 aromatic rings. The van der Waals surface area contributed by atoms with E-state index >= 15 is 8.78 Å². The minimum atomic E-state index is -3.60. The van der Waals surface area contributed by atoms with Crippen LogP contribution in [0.2, 0.25) is 0 Å². The van der Waals surface area contributed by atoms with Gasteiger partial charge in [-0.05, 0) is 63.0 Å². The van der Waals surface area contributed by atoms with Gasteiger partial charge >= 0.3 is 27.1 Å². The molecule has 0 atom stereocenters. The van der Waals surface area contributed by atoms with Gasteiger partial charge in [-0.3, -0.25) is 4.98 Å². The molecule has 0 N–H and O–H groups in total. The molecule has 9 rings (SSSR count). The molecule has 8 heteroatoms. The van der Waals surface area contributed by atoms with Gasteiger partial charge in [0.05, 0.1) is 11.0 Å². The number of rotatable bonds is 6. The normalized spacial score (nSPS) is 14.9. The van der Waals surface area contributed by atoms with E-state index in [2.05, 4.69) is 43.9 Å². The van der Waals surface area contributed by atoms with Gasteiger partial charge in [0, 0.05) is 46.4 Å². The quantitative estimate of drug-likeness (QED) is 0.123. The second-order valence-corrected chi connectivity index (χ2v) is 16.5. The van der Waals surface area contributed by atoms with E-state index in [9.17, 15) is 0 Å². The molecule has 0 unspecified atom stereocenters. The van der Waals surface area contributed by atoms with Crippen molar-refractivity contribution in [1.29, 1.82) is 0 Å². The molecule has 0 saturated heterocycles. The van der Waals surface area contributed by atoms with E-state index in [1.54, 1.807) is 64.1 Å². The molecule has 4 heterocycles. The van der Waals surface area contributed by atoms with Gasteiger partial charge in [-0.1, -0.05) is 129 Å². The van der Waals surface area contributed by atoms with Crippen LogP contribution in [-0.4, -0.2) is 20.5 Å². The third-order valence-corrected chi connectivity index (χ3v) is 10.6. The number of alkyl halides is 2. The third kappa shape index (κ3) is 7.07. The van der Waals surface area contributed by atoms with Crippen molar-refractivity contribution in [3.05, 3.63) is 174 Å². The van der Waals surface area contributed by atoms with Crippen LogP contribution in [-0.2, 0) is 37.8 Å². The van der Waals surface area contributed by atoms with Crippen molar-refractivity contribution in [2.75, 3.05) is 0 Å². The van der Waals surface area contributed by atoms with Gasteiger partial charge in [-0.15, -0.1) is 17.0 Å². The number of hydrogen-bond acceptors (Lipinski definition) is 2. The number of aromatic nitrogens is 3. The fourth-order valence-electron chi connectivity index (χ4n) is 7.38. The van der Waals surface area contributed by atoms with Crippen LogP contribution in [0.15, 0.2) is 134 Å². The minimum absolute atomic E-state index is 0. The van der Waals surface area contributed by atoms with Crippen molar-refractivity contribution in [3.8, 4) is 16.9 Å². The smallest absolute Gasteiger partial charge is 0.319 e. The van der Waals surface area contributed by atoms with Crippen LogP contribution in [0.1, 0.15) is 79.0 Å². The van der Waals surface area contributed by atoms with E-state index in [1.807, 2.05) is 67.8 Å². The van der Waals surface area contributed by atoms with E-state index in [-0.39, 0.29) is 54.4 Å². The molecule has 0 fully saturated rings. The van der Waals surface area contributed by atoms with E-state index in [0.717, 1.165) is 16.5 Å². The van der Waals surface area contributed by atoms with Gasteiger partial charge < -0.3 is 4.57 Å². The summed E-state index contributed by atoms with van der Waals surface area (Å²) in [6.45, 7) is 9.27. The summed E-state index contributed by atoms with van der Waals surface area (Å²) in [4.78, 5) is 9.04. The minimum Gasteiger partial charge on any atom is -0.319 e. The summed E-state index contributed by atoms with van der Waals surface area (Å²) >= 11 is 0. The standard InChI is InChI=1S/C51H43F2N5.Pt/c1-33-16-18-34(19-17-33)40-12-8-9-13-43(40)57-32-56(45-14-10-11-15-46(45)57)39-27-37(50(5,6)7)26-38(28-39)51(52,53)36-20-21-41-42-31-54-24-23-44(42)58(47(41)29-36)48-30-35(22-25-55-48)49(2,3)4;/h8-27,30-31H,1-7H3;/q;+2/i1D3,16D,17D,18D,19D;. The van der Waals surface area contributed by atoms with Crippen LogP contribution in [0.3, 0.4) is 0 Å². The Labute approximate surface area is 368 Å². The first kappa shape index (κ1) is 32.0. The molecule has 0 amide bonds. The molecule has 0 saturated carbocycles. The van der Waals surface area contributed by atoms with E-state index in [4.69, 9.17) is 14.6 Å². The molecule has 294 valence electrons. The molecule has 0 aliphatic carbocycles. The van der Waals surface area contributed by atoms with Crippen LogP contribution in [0, 0.1) is 19.0 Å². The number of nitrogens with zero attached hydrogens (tertiary/aromatic N) is 5. The van der Waals surface area contributed by atoms with Crippen molar-refractivity contribution in [2.24, 2.45) is 0 Å². The molecule has 5 nitrogen and oxygen atoms in total. The monoisotopic (exact) mass is 965 g/mol. The molecule has 1 aliphatic rings. The Morgan fingerprint density at radius 3 is 2.12 bits per heavy atom. The first-order chi connectivity index (χ1) is 30.6. The summed E-state index contributed by atoms with van der Waals surface area (Å²) in [5.41, 5.74) is 2.66. The molecule has 0 radical (unpaired) electrons. The van der Waals surface area contributed by atoms with Crippen molar-refractivity contribution in [1.82, 2.24) is 23.7 Å². The van der Waals surface area contributed by atoms with E-state index in [0.29, 0.717) is 39.3 Å². The van der Waals surface area contributed by atoms with Crippen molar-refractivity contribution in [3.63, 3.8) is 0 Å². The van der Waals surface area contributed by atoms with Gasteiger partial charge in [0.2, 0.25) is 5.69 Å². The first-order valence-electron chi connectivity index (χ1n) is 22.5. The van der Waals surface area contributed by atoms with Crippen molar-refractivity contribution < 1.29 is 39.4 Å². The number of benzene rings is 5. The zero-order valence-corrected chi connectivity index (χ0v) is 35.5. The maximum absolute atomic E-state index is 17.5. The number of fused-ring (bicyclic) bond motifs is 4. The Balaban J connectivity index is 0.00000592. The summed E-state index contributed by atoms with van der Waals surface area (Å²) in [7, 11) is 0. The van der Waals surface area contributed by atoms with Crippen LogP contribution < -0.4 is 9.15 Å². The summed E-state index contributed by atoms with van der Waals surface area (Å²) in [6.07, 6.45) is 5.11. The zero-order chi connectivity index (χ0) is 46.5. The molecular weight excluding hydrogens is 916 g/mol. The summed E-state index contributed by atoms with van der Waals surface area (Å²) < 4.78 is 98.9. The molecule has 1 aliphatic heterocycles. The number of pyridine rings is 2. The fraction of sp³-hybridized carbons (Fsp3) is 0.196. The number of hydrogen-bond donors (Lipinski definition) is 0. The van der Waals surface area contributed by atoms with Crippen molar-refractivity contribution in [2.45, 2.75) is 65.1 Å². The Bertz CT molecular complexity index is 3330. The molecular formula is C51H43F2N5Pt+2. The second-order valence-electron chi connectivity index (χ2n) is 16.5. The van der Waals surface area contributed by atoms with Crippen LogP contribution in [0.25, 0.3) is 38.8 Å². The van der Waals surface area contributed by atoms with E-state index < -0.39 is 47.9 Å². The summed E-state index contributed by atoms with van der Waals surface area (Å²) in [5.74, 6) is -3.03. The predicted molar refractivity (Wildman–Crippen MR) is 232 cm³/mol. The summed E-state index contributed by atoms with van der Waals surface area (Å²) in [5, 5.41) is 1.47.